The highest BCUT2D eigenvalue weighted by Gasteiger charge is 2.30. The maximum Gasteiger partial charge on any atom is 0.271 e. The first-order chi connectivity index (χ1) is 8.67. The van der Waals surface area contributed by atoms with Gasteiger partial charge in [-0.15, -0.1) is 11.6 Å². The quantitative estimate of drug-likeness (QED) is 0.831. The summed E-state index contributed by atoms with van der Waals surface area (Å²) in [6.45, 7) is 0.196. The summed E-state index contributed by atoms with van der Waals surface area (Å²) < 4.78 is 5.28. The van der Waals surface area contributed by atoms with Crippen LogP contribution in [0.3, 0.4) is 0 Å². The number of carbonyl (C=O) groups excluding carboxylic acids is 2. The molecule has 0 saturated carbocycles. The lowest BCUT2D eigenvalue weighted by Crippen LogP contribution is -2.43. The van der Waals surface area contributed by atoms with Crippen LogP contribution in [0.5, 0.6) is 5.75 Å². The van der Waals surface area contributed by atoms with Crippen molar-refractivity contribution in [1.82, 2.24) is 0 Å². The van der Waals surface area contributed by atoms with E-state index < -0.39 is 0 Å². The number of halogens is 1. The van der Waals surface area contributed by atoms with E-state index in [9.17, 15) is 9.59 Å². The van der Waals surface area contributed by atoms with E-state index in [-0.39, 0.29) is 30.7 Å². The summed E-state index contributed by atoms with van der Waals surface area (Å²) in [7, 11) is 0. The van der Waals surface area contributed by atoms with E-state index in [2.05, 4.69) is 0 Å². The van der Waals surface area contributed by atoms with E-state index in [0.717, 1.165) is 10.5 Å². The van der Waals surface area contributed by atoms with Crippen molar-refractivity contribution in [3.05, 3.63) is 23.8 Å². The lowest BCUT2D eigenvalue weighted by molar-refractivity contribution is -0.128. The third-order valence-electron chi connectivity index (χ3n) is 2.66. The Hall–Kier alpha value is -1.59. The fraction of sp³-hybridized carbons (Fsp3) is 0.333. The second-order valence-corrected chi connectivity index (χ2v) is 4.23. The Labute approximate surface area is 109 Å². The summed E-state index contributed by atoms with van der Waals surface area (Å²) >= 11 is 5.54. The largest absolute Gasteiger partial charge is 0.482 e. The second-order valence-electron chi connectivity index (χ2n) is 3.86. The van der Waals surface area contributed by atoms with Crippen LogP contribution < -0.4 is 15.4 Å². The highest BCUT2D eigenvalue weighted by atomic mass is 35.5. The normalized spacial score (nSPS) is 14.1. The molecule has 1 aliphatic rings. The predicted octanol–water partition coefficient (Wildman–Crippen LogP) is 1.03. The first-order valence-corrected chi connectivity index (χ1v) is 6.08. The molecule has 2 rings (SSSR count). The van der Waals surface area contributed by atoms with Gasteiger partial charge in [0, 0.05) is 18.8 Å². The standard InChI is InChI=1S/C12H13ClN2O3/c13-4-3-11(16)15-9-5-8(6-14)1-2-10(9)18-7-12(15)17/h1-2,5H,3-4,6-7,14H2. The molecule has 0 spiro atoms. The third kappa shape index (κ3) is 2.32. The minimum absolute atomic E-state index is 0.111. The molecular weight excluding hydrogens is 256 g/mol. The molecule has 96 valence electrons. The maximum absolute atomic E-state index is 11.9. The summed E-state index contributed by atoms with van der Waals surface area (Å²) in [5, 5.41) is 0. The van der Waals surface area contributed by atoms with Crippen LogP contribution in [-0.4, -0.2) is 24.3 Å². The molecule has 0 radical (unpaired) electrons. The van der Waals surface area contributed by atoms with Gasteiger partial charge in [-0.25, -0.2) is 4.90 Å². The van der Waals surface area contributed by atoms with Crippen molar-refractivity contribution < 1.29 is 14.3 Å². The van der Waals surface area contributed by atoms with Gasteiger partial charge < -0.3 is 10.5 Å². The molecule has 0 saturated heterocycles. The number of imide groups is 1. The fourth-order valence-corrected chi connectivity index (χ4v) is 1.95. The monoisotopic (exact) mass is 268 g/mol. The third-order valence-corrected chi connectivity index (χ3v) is 2.85. The highest BCUT2D eigenvalue weighted by Crippen LogP contribution is 2.33. The van der Waals surface area contributed by atoms with E-state index in [0.29, 0.717) is 18.0 Å². The average Bonchev–Trinajstić information content (AvgIpc) is 2.38. The maximum atomic E-state index is 11.9. The molecule has 18 heavy (non-hydrogen) atoms. The Morgan fingerprint density at radius 1 is 1.50 bits per heavy atom. The number of amides is 2. The number of anilines is 1. The molecule has 6 heteroatoms. The van der Waals surface area contributed by atoms with Crippen LogP contribution in [0.15, 0.2) is 18.2 Å². The smallest absolute Gasteiger partial charge is 0.271 e. The lowest BCUT2D eigenvalue weighted by atomic mass is 10.1. The molecule has 2 amide bonds. The van der Waals surface area contributed by atoms with Gasteiger partial charge in [-0.3, -0.25) is 9.59 Å². The molecule has 0 unspecified atom stereocenters. The molecule has 5 nitrogen and oxygen atoms in total. The number of rotatable bonds is 3. The summed E-state index contributed by atoms with van der Waals surface area (Å²) in [5.41, 5.74) is 6.83. The topological polar surface area (TPSA) is 72.6 Å². The van der Waals surface area contributed by atoms with E-state index >= 15 is 0 Å². The Kier molecular flexibility index (Phi) is 3.84. The van der Waals surface area contributed by atoms with E-state index in [1.807, 2.05) is 0 Å². The van der Waals surface area contributed by atoms with Crippen molar-refractivity contribution >= 4 is 29.1 Å². The number of fused-ring (bicyclic) bond motifs is 1. The van der Waals surface area contributed by atoms with Gasteiger partial charge in [-0.2, -0.15) is 0 Å². The summed E-state index contributed by atoms with van der Waals surface area (Å²) in [4.78, 5) is 24.8. The molecule has 1 aromatic rings. The zero-order valence-electron chi connectivity index (χ0n) is 9.69. The summed E-state index contributed by atoms with van der Waals surface area (Å²) in [5.74, 6) is -0.0229. The molecule has 0 aromatic heterocycles. The number of ether oxygens (including phenoxy) is 1. The molecule has 0 fully saturated rings. The van der Waals surface area contributed by atoms with E-state index in [1.165, 1.54) is 0 Å². The van der Waals surface area contributed by atoms with Gasteiger partial charge in [0.25, 0.3) is 5.91 Å². The Morgan fingerprint density at radius 2 is 2.28 bits per heavy atom. The van der Waals surface area contributed by atoms with Gasteiger partial charge >= 0.3 is 0 Å². The first kappa shape index (κ1) is 12.9. The van der Waals surface area contributed by atoms with Crippen LogP contribution in [0.25, 0.3) is 0 Å². The van der Waals surface area contributed by atoms with Crippen LogP contribution in [-0.2, 0) is 16.1 Å². The van der Waals surface area contributed by atoms with Crippen molar-refractivity contribution in [2.24, 2.45) is 5.73 Å². The Morgan fingerprint density at radius 3 is 2.94 bits per heavy atom. The zero-order chi connectivity index (χ0) is 13.1. The van der Waals surface area contributed by atoms with E-state index in [1.54, 1.807) is 18.2 Å². The SMILES string of the molecule is NCc1ccc2c(c1)N(C(=O)CCCl)C(=O)CO2. The number of nitrogens with zero attached hydrogens (tertiary/aromatic N) is 1. The van der Waals surface area contributed by atoms with Gasteiger partial charge in [0.05, 0.1) is 5.69 Å². The van der Waals surface area contributed by atoms with Gasteiger partial charge in [-0.05, 0) is 17.7 Å². The molecule has 2 N–H and O–H groups in total. The van der Waals surface area contributed by atoms with Crippen LogP contribution >= 0.6 is 11.6 Å². The molecule has 1 aliphatic heterocycles. The van der Waals surface area contributed by atoms with Crippen molar-refractivity contribution in [3.8, 4) is 5.75 Å². The fourth-order valence-electron chi connectivity index (χ4n) is 1.79. The summed E-state index contributed by atoms with van der Waals surface area (Å²) in [6.07, 6.45) is 0.111. The Bertz CT molecular complexity index is 490. The molecule has 1 aromatic carbocycles. The van der Waals surface area contributed by atoms with Crippen LogP contribution in [0.2, 0.25) is 0 Å². The number of benzene rings is 1. The molecule has 0 aliphatic carbocycles. The second kappa shape index (κ2) is 5.37. The number of hydrogen-bond acceptors (Lipinski definition) is 4. The van der Waals surface area contributed by atoms with Crippen LogP contribution in [0.1, 0.15) is 12.0 Å². The van der Waals surface area contributed by atoms with Crippen molar-refractivity contribution in [2.75, 3.05) is 17.4 Å². The molecule has 1 heterocycles. The molecule has 0 atom stereocenters. The van der Waals surface area contributed by atoms with E-state index in [4.69, 9.17) is 22.1 Å². The van der Waals surface area contributed by atoms with Gasteiger partial charge in [0.2, 0.25) is 5.91 Å². The number of carbonyl (C=O) groups is 2. The van der Waals surface area contributed by atoms with Crippen LogP contribution in [0, 0.1) is 0 Å². The van der Waals surface area contributed by atoms with Crippen molar-refractivity contribution in [3.63, 3.8) is 0 Å². The molecular formula is C12H13ClN2O3. The number of hydrogen-bond donors (Lipinski definition) is 1. The summed E-state index contributed by atoms with van der Waals surface area (Å²) in [6, 6.07) is 5.21. The minimum Gasteiger partial charge on any atom is -0.482 e. The highest BCUT2D eigenvalue weighted by molar-refractivity contribution is 6.22. The first-order valence-electron chi connectivity index (χ1n) is 5.55. The zero-order valence-corrected chi connectivity index (χ0v) is 10.4. The van der Waals surface area contributed by atoms with Gasteiger partial charge in [0.15, 0.2) is 6.61 Å². The Balaban J connectivity index is 2.42. The van der Waals surface area contributed by atoms with Crippen LogP contribution in [0.4, 0.5) is 5.69 Å². The predicted molar refractivity (Wildman–Crippen MR) is 67.7 cm³/mol. The van der Waals surface area contributed by atoms with Crippen molar-refractivity contribution in [2.45, 2.75) is 13.0 Å². The average molecular weight is 269 g/mol. The van der Waals surface area contributed by atoms with Gasteiger partial charge in [-0.1, -0.05) is 6.07 Å². The number of nitrogens with two attached hydrogens (primary N) is 1. The lowest BCUT2D eigenvalue weighted by Gasteiger charge is -2.28. The van der Waals surface area contributed by atoms with Gasteiger partial charge in [0.1, 0.15) is 5.75 Å². The van der Waals surface area contributed by atoms with Crippen molar-refractivity contribution in [1.29, 1.82) is 0 Å². The molecule has 0 bridgehead atoms. The minimum atomic E-state index is -0.383. The number of alkyl halides is 1.